The normalized spacial score (nSPS) is 15.1. The van der Waals surface area contributed by atoms with Crippen molar-refractivity contribution in [2.75, 3.05) is 11.5 Å². The quantitative estimate of drug-likeness (QED) is 0.547. The third-order valence-electron chi connectivity index (χ3n) is 5.98. The number of benzene rings is 3. The van der Waals surface area contributed by atoms with Gasteiger partial charge in [0.15, 0.2) is 6.61 Å². The molecule has 0 unspecified atom stereocenters. The molecule has 3 aromatic rings. The first-order valence-electron chi connectivity index (χ1n) is 11.2. The second kappa shape index (κ2) is 9.04. The fourth-order valence-corrected chi connectivity index (χ4v) is 5.45. The summed E-state index contributed by atoms with van der Waals surface area (Å²) in [6.07, 6.45) is 3.22. The van der Waals surface area contributed by atoms with E-state index in [9.17, 15) is 18.0 Å². The molecule has 0 bridgehead atoms. The summed E-state index contributed by atoms with van der Waals surface area (Å²) in [4.78, 5) is 27.6. The Morgan fingerprint density at radius 3 is 2.12 bits per heavy atom. The number of carbonyl (C=O) groups is 2. The van der Waals surface area contributed by atoms with Gasteiger partial charge in [-0.3, -0.25) is 9.69 Å². The maximum atomic E-state index is 13.3. The Morgan fingerprint density at radius 2 is 1.50 bits per heavy atom. The summed E-state index contributed by atoms with van der Waals surface area (Å²) in [5.41, 5.74) is 3.70. The van der Waals surface area contributed by atoms with Gasteiger partial charge in [0, 0.05) is 6.04 Å². The number of hydrogen-bond acceptors (Lipinski definition) is 5. The summed E-state index contributed by atoms with van der Waals surface area (Å²) < 4.78 is 32.9. The topological polar surface area (TPSA) is 92.8 Å². The number of carbonyl (C=O) groups excluding carboxylic acids is 2. The van der Waals surface area contributed by atoms with Crippen LogP contribution in [-0.4, -0.2) is 32.9 Å². The van der Waals surface area contributed by atoms with Gasteiger partial charge in [0.05, 0.1) is 21.8 Å². The summed E-state index contributed by atoms with van der Waals surface area (Å²) in [7, 11) is -3.71. The summed E-state index contributed by atoms with van der Waals surface area (Å²) in [6.45, 7) is -0.473. The van der Waals surface area contributed by atoms with Crippen molar-refractivity contribution in [1.82, 2.24) is 4.72 Å². The van der Waals surface area contributed by atoms with Crippen molar-refractivity contribution in [2.24, 2.45) is 0 Å². The van der Waals surface area contributed by atoms with E-state index < -0.39 is 22.6 Å². The predicted octanol–water partition coefficient (Wildman–Crippen LogP) is 3.75. The highest BCUT2D eigenvalue weighted by atomic mass is 32.2. The van der Waals surface area contributed by atoms with Gasteiger partial charge in [0.25, 0.3) is 5.91 Å². The predicted molar refractivity (Wildman–Crippen MR) is 128 cm³/mol. The van der Waals surface area contributed by atoms with E-state index >= 15 is 0 Å². The zero-order valence-electron chi connectivity index (χ0n) is 18.4. The minimum absolute atomic E-state index is 0.00412. The number of amides is 1. The first kappa shape index (κ1) is 22.3. The Hall–Kier alpha value is -3.49. The lowest BCUT2D eigenvalue weighted by atomic mass is 10.0. The van der Waals surface area contributed by atoms with Crippen molar-refractivity contribution < 1.29 is 22.7 Å². The van der Waals surface area contributed by atoms with Crippen LogP contribution in [0.3, 0.4) is 0 Å². The molecule has 8 heteroatoms. The van der Waals surface area contributed by atoms with Gasteiger partial charge >= 0.3 is 5.97 Å². The maximum absolute atomic E-state index is 13.3. The van der Waals surface area contributed by atoms with E-state index in [0.717, 1.165) is 48.2 Å². The lowest BCUT2D eigenvalue weighted by Crippen LogP contribution is -2.31. The van der Waals surface area contributed by atoms with Gasteiger partial charge in [0.1, 0.15) is 0 Å². The highest BCUT2D eigenvalue weighted by molar-refractivity contribution is 7.89. The highest BCUT2D eigenvalue weighted by Gasteiger charge is 2.29. The number of nitrogens with zero attached hydrogens (tertiary/aromatic N) is 1. The number of para-hydroxylation sites is 2. The molecule has 1 aliphatic heterocycles. The molecule has 3 aromatic carbocycles. The second-order valence-corrected chi connectivity index (χ2v) is 10.2. The van der Waals surface area contributed by atoms with Crippen LogP contribution in [0.4, 0.5) is 11.4 Å². The second-order valence-electron chi connectivity index (χ2n) is 8.49. The molecule has 0 spiro atoms. The summed E-state index contributed by atoms with van der Waals surface area (Å²) in [5, 5.41) is 0. The minimum Gasteiger partial charge on any atom is -0.452 e. The highest BCUT2D eigenvalue weighted by Crippen LogP contribution is 2.36. The standard InChI is InChI=1S/C26H24N2O5S/c29-25(28-23-10-3-1-6-18(23)12-13-19-7-2-4-11-24(19)28)17-33-26(30)20-8-5-9-22(16-20)34(31,32)27-21-14-15-21/h1-11,16,21,27H,12-15,17H2. The number of aryl methyl sites for hydroxylation is 2. The van der Waals surface area contributed by atoms with Gasteiger partial charge in [-0.25, -0.2) is 17.9 Å². The summed E-state index contributed by atoms with van der Waals surface area (Å²) in [6, 6.07) is 21.0. The van der Waals surface area contributed by atoms with Crippen LogP contribution in [0.5, 0.6) is 0 Å². The molecule has 1 N–H and O–H groups in total. The smallest absolute Gasteiger partial charge is 0.338 e. The van der Waals surface area contributed by atoms with E-state index in [4.69, 9.17) is 4.74 Å². The van der Waals surface area contributed by atoms with Gasteiger partial charge in [-0.2, -0.15) is 0 Å². The van der Waals surface area contributed by atoms with Crippen LogP contribution in [0.15, 0.2) is 77.7 Å². The van der Waals surface area contributed by atoms with Crippen LogP contribution < -0.4 is 9.62 Å². The molecule has 174 valence electrons. The van der Waals surface area contributed by atoms with Gasteiger partial charge in [0.2, 0.25) is 10.0 Å². The van der Waals surface area contributed by atoms with E-state index in [2.05, 4.69) is 4.72 Å². The van der Waals surface area contributed by atoms with Crippen LogP contribution in [-0.2, 0) is 32.4 Å². The first-order valence-corrected chi connectivity index (χ1v) is 12.7. The molecule has 5 rings (SSSR count). The fraction of sp³-hybridized carbons (Fsp3) is 0.231. The fourth-order valence-electron chi connectivity index (χ4n) is 4.10. The number of anilines is 2. The largest absolute Gasteiger partial charge is 0.452 e. The number of ether oxygens (including phenoxy) is 1. The average Bonchev–Trinajstić information content (AvgIpc) is 3.67. The summed E-state index contributed by atoms with van der Waals surface area (Å²) in [5.74, 6) is -1.14. The van der Waals surface area contributed by atoms with Crippen molar-refractivity contribution in [3.63, 3.8) is 0 Å². The molecule has 7 nitrogen and oxygen atoms in total. The Morgan fingerprint density at radius 1 is 0.882 bits per heavy atom. The van der Waals surface area contributed by atoms with Crippen molar-refractivity contribution in [1.29, 1.82) is 0 Å². The molecular formula is C26H24N2O5S. The molecule has 0 radical (unpaired) electrons. The molecule has 1 aliphatic carbocycles. The van der Waals surface area contributed by atoms with E-state index in [-0.39, 0.29) is 22.4 Å². The number of nitrogens with one attached hydrogen (secondary N) is 1. The number of sulfonamides is 1. The third kappa shape index (κ3) is 4.60. The zero-order chi connectivity index (χ0) is 23.7. The van der Waals surface area contributed by atoms with Crippen molar-refractivity contribution >= 4 is 33.3 Å². The van der Waals surface area contributed by atoms with E-state index in [1.807, 2.05) is 48.5 Å². The molecule has 1 fully saturated rings. The molecule has 0 saturated heterocycles. The molecule has 1 heterocycles. The Labute approximate surface area is 198 Å². The molecule has 0 aromatic heterocycles. The first-order chi connectivity index (χ1) is 16.4. The molecule has 1 amide bonds. The van der Waals surface area contributed by atoms with Crippen LogP contribution in [0, 0.1) is 0 Å². The average molecular weight is 477 g/mol. The molecule has 34 heavy (non-hydrogen) atoms. The third-order valence-corrected chi connectivity index (χ3v) is 7.50. The van der Waals surface area contributed by atoms with Crippen LogP contribution >= 0.6 is 0 Å². The van der Waals surface area contributed by atoms with Crippen molar-refractivity contribution in [3.05, 3.63) is 89.5 Å². The minimum atomic E-state index is -3.71. The lowest BCUT2D eigenvalue weighted by molar-refractivity contribution is -0.120. The summed E-state index contributed by atoms with van der Waals surface area (Å²) >= 11 is 0. The number of rotatable bonds is 6. The number of fused-ring (bicyclic) bond motifs is 2. The van der Waals surface area contributed by atoms with Gasteiger partial charge in [-0.05, 0) is 67.1 Å². The molecule has 2 aliphatic rings. The number of hydrogen-bond donors (Lipinski definition) is 1. The van der Waals surface area contributed by atoms with Crippen molar-refractivity contribution in [3.8, 4) is 0 Å². The molecule has 1 saturated carbocycles. The number of esters is 1. The van der Waals surface area contributed by atoms with E-state index in [1.54, 1.807) is 4.90 Å². The van der Waals surface area contributed by atoms with Gasteiger partial charge < -0.3 is 4.74 Å². The lowest BCUT2D eigenvalue weighted by Gasteiger charge is -2.24. The van der Waals surface area contributed by atoms with Gasteiger partial charge in [-0.1, -0.05) is 42.5 Å². The van der Waals surface area contributed by atoms with Crippen LogP contribution in [0.2, 0.25) is 0 Å². The van der Waals surface area contributed by atoms with Gasteiger partial charge in [-0.15, -0.1) is 0 Å². The molecule has 0 atom stereocenters. The van der Waals surface area contributed by atoms with E-state index in [0.29, 0.717) is 0 Å². The Kier molecular flexibility index (Phi) is 5.93. The maximum Gasteiger partial charge on any atom is 0.338 e. The van der Waals surface area contributed by atoms with Crippen LogP contribution in [0.25, 0.3) is 0 Å². The SMILES string of the molecule is O=C(OCC(=O)N1c2ccccc2CCc2ccccc21)c1cccc(S(=O)(=O)NC2CC2)c1. The Bertz CT molecular complexity index is 1320. The van der Waals surface area contributed by atoms with Crippen LogP contribution in [0.1, 0.15) is 34.3 Å². The molecular weight excluding hydrogens is 452 g/mol. The zero-order valence-corrected chi connectivity index (χ0v) is 19.3. The van der Waals surface area contributed by atoms with E-state index in [1.165, 1.54) is 24.3 Å². The monoisotopic (exact) mass is 476 g/mol. The van der Waals surface area contributed by atoms with Crippen molar-refractivity contribution in [2.45, 2.75) is 36.6 Å². The Balaban J connectivity index is 1.35.